The third-order valence-electron chi connectivity index (χ3n) is 1.95. The monoisotopic (exact) mass is 194 g/mol. The zero-order valence-corrected chi connectivity index (χ0v) is 8.06. The van der Waals surface area contributed by atoms with Crippen molar-refractivity contribution in [3.8, 4) is 0 Å². The summed E-state index contributed by atoms with van der Waals surface area (Å²) in [5.41, 5.74) is 0. The van der Waals surface area contributed by atoms with E-state index in [-0.39, 0.29) is 5.16 Å². The van der Waals surface area contributed by atoms with Gasteiger partial charge in [-0.15, -0.1) is 0 Å². The summed E-state index contributed by atoms with van der Waals surface area (Å²) < 4.78 is 13.2. The molecule has 0 saturated heterocycles. The number of halogens is 1. The number of allylic oxidation sites excluding steroid dienone is 1. The van der Waals surface area contributed by atoms with E-state index in [4.69, 9.17) is 0 Å². The van der Waals surface area contributed by atoms with Gasteiger partial charge in [-0.1, -0.05) is 30.0 Å². The highest BCUT2D eigenvalue weighted by atomic mass is 32.2. The van der Waals surface area contributed by atoms with E-state index in [1.807, 2.05) is 30.3 Å². The first-order chi connectivity index (χ1) is 6.34. The van der Waals surface area contributed by atoms with Crippen LogP contribution >= 0.6 is 11.8 Å². The molecular weight excluding hydrogens is 183 g/mol. The van der Waals surface area contributed by atoms with Gasteiger partial charge in [0.25, 0.3) is 0 Å². The fraction of sp³-hybridized carbons (Fsp3) is 0.273. The molecule has 2 heteroatoms. The van der Waals surface area contributed by atoms with Gasteiger partial charge in [0.15, 0.2) is 5.16 Å². The van der Waals surface area contributed by atoms with Gasteiger partial charge in [0.05, 0.1) is 0 Å². The Bertz CT molecular complexity index is 301. The number of hydrogen-bond acceptors (Lipinski definition) is 1. The topological polar surface area (TPSA) is 0 Å². The van der Waals surface area contributed by atoms with Gasteiger partial charge < -0.3 is 0 Å². The van der Waals surface area contributed by atoms with Gasteiger partial charge in [-0.2, -0.15) is 4.39 Å². The molecule has 0 aliphatic heterocycles. The molecule has 0 spiro atoms. The highest BCUT2D eigenvalue weighted by Crippen LogP contribution is 2.36. The van der Waals surface area contributed by atoms with Crippen LogP contribution in [0.3, 0.4) is 0 Å². The number of rotatable bonds is 3. The van der Waals surface area contributed by atoms with Crippen LogP contribution in [-0.4, -0.2) is 0 Å². The normalized spacial score (nSPS) is 17.5. The molecular formula is C11H11FS. The maximum atomic E-state index is 13.2. The first kappa shape index (κ1) is 8.82. The minimum Gasteiger partial charge on any atom is -0.199 e. The lowest BCUT2D eigenvalue weighted by Gasteiger charge is -1.96. The lowest BCUT2D eigenvalue weighted by atomic mass is 10.4. The van der Waals surface area contributed by atoms with Gasteiger partial charge in [-0.05, 0) is 37.0 Å². The Morgan fingerprint density at radius 3 is 2.62 bits per heavy atom. The van der Waals surface area contributed by atoms with Crippen LogP contribution in [0.1, 0.15) is 12.8 Å². The molecule has 1 aliphatic carbocycles. The van der Waals surface area contributed by atoms with E-state index in [1.54, 1.807) is 6.08 Å². The second kappa shape index (κ2) is 3.97. The molecule has 2 rings (SSSR count). The molecule has 1 aromatic rings. The zero-order chi connectivity index (χ0) is 9.10. The molecule has 13 heavy (non-hydrogen) atoms. The molecule has 0 amide bonds. The highest BCUT2D eigenvalue weighted by Gasteiger charge is 2.19. The fourth-order valence-corrected chi connectivity index (χ4v) is 1.86. The van der Waals surface area contributed by atoms with E-state index in [1.165, 1.54) is 11.8 Å². The summed E-state index contributed by atoms with van der Waals surface area (Å²) in [4.78, 5) is 0.969. The predicted octanol–water partition coefficient (Wildman–Crippen LogP) is 4.00. The second-order valence-electron chi connectivity index (χ2n) is 3.22. The first-order valence-corrected chi connectivity index (χ1v) is 5.26. The summed E-state index contributed by atoms with van der Waals surface area (Å²) in [6.45, 7) is 0. The van der Waals surface area contributed by atoms with Crippen molar-refractivity contribution >= 4 is 11.8 Å². The summed E-state index contributed by atoms with van der Waals surface area (Å²) in [6, 6.07) is 9.63. The van der Waals surface area contributed by atoms with Gasteiger partial charge >= 0.3 is 0 Å². The number of thioether (sulfide) groups is 1. The van der Waals surface area contributed by atoms with Gasteiger partial charge in [0.2, 0.25) is 0 Å². The van der Waals surface area contributed by atoms with Crippen molar-refractivity contribution in [1.29, 1.82) is 0 Å². The van der Waals surface area contributed by atoms with Crippen LogP contribution in [0, 0.1) is 5.92 Å². The van der Waals surface area contributed by atoms with Gasteiger partial charge in [0.1, 0.15) is 0 Å². The van der Waals surface area contributed by atoms with E-state index >= 15 is 0 Å². The third-order valence-corrected chi connectivity index (χ3v) is 2.79. The maximum Gasteiger partial charge on any atom is 0.157 e. The molecule has 0 unspecified atom stereocenters. The average Bonchev–Trinajstić information content (AvgIpc) is 2.90. The molecule has 0 nitrogen and oxygen atoms in total. The Labute approximate surface area is 81.8 Å². The van der Waals surface area contributed by atoms with Gasteiger partial charge in [-0.25, -0.2) is 0 Å². The van der Waals surface area contributed by atoms with E-state index in [9.17, 15) is 4.39 Å². The lowest BCUT2D eigenvalue weighted by Crippen LogP contribution is -1.71. The summed E-state index contributed by atoms with van der Waals surface area (Å²) in [6.07, 6.45) is 4.04. The van der Waals surface area contributed by atoms with Crippen molar-refractivity contribution in [2.75, 3.05) is 0 Å². The Balaban J connectivity index is 1.97. The minimum absolute atomic E-state index is 0.0614. The van der Waals surface area contributed by atoms with Crippen LogP contribution < -0.4 is 0 Å². The molecule has 0 atom stereocenters. The Morgan fingerprint density at radius 2 is 2.00 bits per heavy atom. The smallest absolute Gasteiger partial charge is 0.157 e. The molecule has 0 N–H and O–H groups in total. The van der Waals surface area contributed by atoms with E-state index in [0.717, 1.165) is 17.7 Å². The van der Waals surface area contributed by atoms with Crippen molar-refractivity contribution in [3.05, 3.63) is 41.6 Å². The zero-order valence-electron chi connectivity index (χ0n) is 7.24. The second-order valence-corrected chi connectivity index (χ2v) is 4.29. The quantitative estimate of drug-likeness (QED) is 0.655. The Kier molecular flexibility index (Phi) is 2.69. The predicted molar refractivity (Wildman–Crippen MR) is 54.2 cm³/mol. The van der Waals surface area contributed by atoms with Gasteiger partial charge in [0, 0.05) is 4.90 Å². The molecule has 68 valence electrons. The molecule has 1 fully saturated rings. The van der Waals surface area contributed by atoms with Crippen molar-refractivity contribution in [2.45, 2.75) is 17.7 Å². The van der Waals surface area contributed by atoms with Crippen molar-refractivity contribution < 1.29 is 4.39 Å². The van der Waals surface area contributed by atoms with Crippen molar-refractivity contribution in [1.82, 2.24) is 0 Å². The summed E-state index contributed by atoms with van der Waals surface area (Å²) in [5.74, 6) is 0.510. The fourth-order valence-electron chi connectivity index (χ4n) is 1.08. The van der Waals surface area contributed by atoms with E-state index < -0.39 is 0 Å². The SMILES string of the molecule is F/C(=C/C1CC1)Sc1ccccc1. The summed E-state index contributed by atoms with van der Waals surface area (Å²) in [5, 5.41) is -0.0614. The third kappa shape index (κ3) is 2.88. The largest absolute Gasteiger partial charge is 0.199 e. The van der Waals surface area contributed by atoms with Gasteiger partial charge in [-0.3, -0.25) is 0 Å². The molecule has 0 bridgehead atoms. The van der Waals surface area contributed by atoms with E-state index in [0.29, 0.717) is 5.92 Å². The summed E-state index contributed by atoms with van der Waals surface area (Å²) >= 11 is 1.21. The van der Waals surface area contributed by atoms with Crippen molar-refractivity contribution in [2.24, 2.45) is 5.92 Å². The number of hydrogen-bond donors (Lipinski definition) is 0. The minimum atomic E-state index is -0.0614. The highest BCUT2D eigenvalue weighted by molar-refractivity contribution is 8.02. The van der Waals surface area contributed by atoms with Crippen molar-refractivity contribution in [3.63, 3.8) is 0 Å². The van der Waals surface area contributed by atoms with Crippen LogP contribution in [0.4, 0.5) is 4.39 Å². The van der Waals surface area contributed by atoms with Crippen LogP contribution in [0.5, 0.6) is 0 Å². The molecule has 1 aliphatic rings. The Hall–Kier alpha value is -0.760. The molecule has 1 saturated carbocycles. The average molecular weight is 194 g/mol. The first-order valence-electron chi connectivity index (χ1n) is 4.45. The molecule has 0 aromatic heterocycles. The molecule has 0 heterocycles. The van der Waals surface area contributed by atoms with Crippen LogP contribution in [0.25, 0.3) is 0 Å². The summed E-state index contributed by atoms with van der Waals surface area (Å²) in [7, 11) is 0. The molecule has 1 aromatic carbocycles. The van der Waals surface area contributed by atoms with Crippen LogP contribution in [0.2, 0.25) is 0 Å². The molecule has 0 radical (unpaired) electrons. The lowest BCUT2D eigenvalue weighted by molar-refractivity contribution is 0.690. The standard InChI is InChI=1S/C11H11FS/c12-11(8-9-6-7-9)13-10-4-2-1-3-5-10/h1-5,8-9H,6-7H2/b11-8-. The Morgan fingerprint density at radius 1 is 1.31 bits per heavy atom. The maximum absolute atomic E-state index is 13.2. The number of benzene rings is 1. The van der Waals surface area contributed by atoms with Crippen LogP contribution in [0.15, 0.2) is 46.5 Å². The van der Waals surface area contributed by atoms with E-state index in [2.05, 4.69) is 0 Å². The van der Waals surface area contributed by atoms with Crippen LogP contribution in [-0.2, 0) is 0 Å².